The molecule has 0 atom stereocenters. The third-order valence-electron chi connectivity index (χ3n) is 1.49. The minimum Gasteiger partial charge on any atom is -0.478 e. The van der Waals surface area contributed by atoms with Gasteiger partial charge in [-0.3, -0.25) is 0 Å². The fourth-order valence-electron chi connectivity index (χ4n) is 0.865. The second-order valence-corrected chi connectivity index (χ2v) is 4.03. The Morgan fingerprint density at radius 3 is 2.36 bits per heavy atom. The van der Waals surface area contributed by atoms with Gasteiger partial charge in [0.2, 0.25) is 10.0 Å². The molecular weight excluding hydrogens is 213 g/mol. The zero-order valence-corrected chi connectivity index (χ0v) is 7.58. The number of carbonyl (C=O) groups is 1. The lowest BCUT2D eigenvalue weighted by molar-refractivity contribution is 0.0696. The highest BCUT2D eigenvalue weighted by Crippen LogP contribution is 2.14. The van der Waals surface area contributed by atoms with Gasteiger partial charge in [-0.15, -0.1) is 0 Å². The van der Waals surface area contributed by atoms with Crippen molar-refractivity contribution < 1.29 is 22.7 Å². The predicted octanol–water partition coefficient (Wildman–Crippen LogP) is 0.171. The average Bonchev–Trinajstić information content (AvgIpc) is 2.01. The minimum atomic E-state index is -4.14. The monoisotopic (exact) mass is 219 g/mol. The lowest BCUT2D eigenvalue weighted by atomic mass is 10.2. The number of sulfonamides is 1. The first-order valence-corrected chi connectivity index (χ1v) is 4.92. The molecule has 1 aromatic rings. The molecule has 0 radical (unpaired) electrons. The molecule has 0 unspecified atom stereocenters. The van der Waals surface area contributed by atoms with Crippen LogP contribution in [-0.2, 0) is 10.0 Å². The zero-order chi connectivity index (χ0) is 10.9. The molecule has 7 heteroatoms. The summed E-state index contributed by atoms with van der Waals surface area (Å²) in [5, 5.41) is 13.1. The predicted molar refractivity (Wildman–Crippen MR) is 44.7 cm³/mol. The number of aromatic carboxylic acids is 1. The number of primary sulfonamides is 1. The highest BCUT2D eigenvalue weighted by molar-refractivity contribution is 7.89. The van der Waals surface area contributed by atoms with Gasteiger partial charge in [0.05, 0.1) is 5.56 Å². The van der Waals surface area contributed by atoms with Crippen molar-refractivity contribution in [2.45, 2.75) is 4.90 Å². The second kappa shape index (κ2) is 3.35. The van der Waals surface area contributed by atoms with E-state index in [9.17, 15) is 17.6 Å². The van der Waals surface area contributed by atoms with E-state index < -0.39 is 26.7 Å². The maximum Gasteiger partial charge on any atom is 0.335 e. The van der Waals surface area contributed by atoms with E-state index in [0.717, 1.165) is 12.1 Å². The Labute approximate surface area is 79.0 Å². The summed E-state index contributed by atoms with van der Waals surface area (Å²) in [5.74, 6) is -2.52. The minimum absolute atomic E-state index is 0.338. The number of hydrogen-bond donors (Lipinski definition) is 2. The van der Waals surface area contributed by atoms with E-state index in [2.05, 4.69) is 5.14 Å². The maximum absolute atomic E-state index is 13.0. The van der Waals surface area contributed by atoms with E-state index in [0.29, 0.717) is 6.07 Å². The molecule has 0 heterocycles. The van der Waals surface area contributed by atoms with E-state index in [-0.39, 0.29) is 5.56 Å². The molecular formula is C7H6FNO4S. The molecule has 5 nitrogen and oxygen atoms in total. The molecule has 0 saturated heterocycles. The van der Waals surface area contributed by atoms with Crippen LogP contribution in [0.15, 0.2) is 23.1 Å². The molecule has 3 N–H and O–H groups in total. The quantitative estimate of drug-likeness (QED) is 0.740. The first-order chi connectivity index (χ1) is 6.32. The Bertz CT molecular complexity index is 482. The highest BCUT2D eigenvalue weighted by atomic mass is 32.2. The third kappa shape index (κ3) is 2.06. The number of rotatable bonds is 2. The van der Waals surface area contributed by atoms with Gasteiger partial charge in [-0.05, 0) is 18.2 Å². The van der Waals surface area contributed by atoms with Gasteiger partial charge in [-0.1, -0.05) is 0 Å². The van der Waals surface area contributed by atoms with E-state index in [1.165, 1.54) is 0 Å². The van der Waals surface area contributed by atoms with Gasteiger partial charge in [-0.25, -0.2) is 22.7 Å². The Hall–Kier alpha value is -1.47. The van der Waals surface area contributed by atoms with Crippen LogP contribution in [0, 0.1) is 5.82 Å². The van der Waals surface area contributed by atoms with Crippen molar-refractivity contribution >= 4 is 16.0 Å². The van der Waals surface area contributed by atoms with Crippen LogP contribution < -0.4 is 5.14 Å². The summed E-state index contributed by atoms with van der Waals surface area (Å²) in [7, 11) is -4.14. The van der Waals surface area contributed by atoms with Gasteiger partial charge in [0, 0.05) is 0 Å². The summed E-state index contributed by atoms with van der Waals surface area (Å²) in [5.41, 5.74) is -0.338. The summed E-state index contributed by atoms with van der Waals surface area (Å²) in [6.07, 6.45) is 0. The first kappa shape index (κ1) is 10.6. The van der Waals surface area contributed by atoms with Crippen molar-refractivity contribution in [2.24, 2.45) is 5.14 Å². The number of halogens is 1. The van der Waals surface area contributed by atoms with Crippen LogP contribution in [0.2, 0.25) is 0 Å². The summed E-state index contributed by atoms with van der Waals surface area (Å²) < 4.78 is 34.4. The van der Waals surface area contributed by atoms with Crippen LogP contribution in [0.5, 0.6) is 0 Å². The number of nitrogens with two attached hydrogens (primary N) is 1. The standard InChI is InChI=1S/C7H6FNO4S/c8-5-3-4(7(10)11)1-2-6(5)14(9,12)13/h1-3H,(H,10,11)(H2,9,12,13). The Balaban J connectivity index is 3.35. The molecule has 0 bridgehead atoms. The van der Waals surface area contributed by atoms with E-state index in [1.54, 1.807) is 0 Å². The van der Waals surface area contributed by atoms with Gasteiger partial charge in [0.25, 0.3) is 0 Å². The van der Waals surface area contributed by atoms with Crippen LogP contribution in [0.1, 0.15) is 10.4 Å². The molecule has 0 saturated carbocycles. The zero-order valence-electron chi connectivity index (χ0n) is 6.77. The molecule has 1 rings (SSSR count). The van der Waals surface area contributed by atoms with Crippen LogP contribution in [0.4, 0.5) is 4.39 Å². The second-order valence-electron chi connectivity index (χ2n) is 2.50. The first-order valence-electron chi connectivity index (χ1n) is 3.38. The molecule has 0 aliphatic carbocycles. The lowest BCUT2D eigenvalue weighted by Crippen LogP contribution is -2.14. The van der Waals surface area contributed by atoms with Gasteiger partial charge in [0.1, 0.15) is 10.7 Å². The van der Waals surface area contributed by atoms with Crippen molar-refractivity contribution in [3.05, 3.63) is 29.6 Å². The highest BCUT2D eigenvalue weighted by Gasteiger charge is 2.15. The van der Waals surface area contributed by atoms with E-state index in [4.69, 9.17) is 5.11 Å². The maximum atomic E-state index is 13.0. The fourth-order valence-corrected chi connectivity index (χ4v) is 1.45. The number of carboxylic acid groups (broad SMARTS) is 1. The number of hydrogen-bond acceptors (Lipinski definition) is 3. The summed E-state index contributed by atoms with van der Waals surface area (Å²) in [4.78, 5) is 9.65. The summed E-state index contributed by atoms with van der Waals surface area (Å²) in [6.45, 7) is 0. The van der Waals surface area contributed by atoms with Crippen LogP contribution in [-0.4, -0.2) is 19.5 Å². The smallest absolute Gasteiger partial charge is 0.335 e. The van der Waals surface area contributed by atoms with E-state index in [1.807, 2.05) is 0 Å². The number of benzene rings is 1. The van der Waals surface area contributed by atoms with Crippen LogP contribution in [0.3, 0.4) is 0 Å². The van der Waals surface area contributed by atoms with E-state index >= 15 is 0 Å². The largest absolute Gasteiger partial charge is 0.478 e. The molecule has 0 fully saturated rings. The Morgan fingerprint density at radius 2 is 2.00 bits per heavy atom. The molecule has 14 heavy (non-hydrogen) atoms. The third-order valence-corrected chi connectivity index (χ3v) is 2.43. The van der Waals surface area contributed by atoms with Crippen LogP contribution in [0.25, 0.3) is 0 Å². The Kier molecular flexibility index (Phi) is 2.54. The van der Waals surface area contributed by atoms with Gasteiger partial charge < -0.3 is 5.11 Å². The normalized spacial score (nSPS) is 11.3. The van der Waals surface area contributed by atoms with Gasteiger partial charge in [-0.2, -0.15) is 0 Å². The van der Waals surface area contributed by atoms with Crippen molar-refractivity contribution in [2.75, 3.05) is 0 Å². The molecule has 0 amide bonds. The fraction of sp³-hybridized carbons (Fsp3) is 0. The molecule has 0 spiro atoms. The SMILES string of the molecule is NS(=O)(=O)c1ccc(C(=O)O)cc1F. The van der Waals surface area contributed by atoms with Crippen molar-refractivity contribution in [3.8, 4) is 0 Å². The topological polar surface area (TPSA) is 97.5 Å². The molecule has 76 valence electrons. The van der Waals surface area contributed by atoms with Gasteiger partial charge in [0.15, 0.2) is 0 Å². The summed E-state index contributed by atoms with van der Waals surface area (Å²) in [6, 6.07) is 2.38. The van der Waals surface area contributed by atoms with Crippen molar-refractivity contribution in [1.29, 1.82) is 0 Å². The van der Waals surface area contributed by atoms with Crippen LogP contribution >= 0.6 is 0 Å². The Morgan fingerprint density at radius 1 is 1.43 bits per heavy atom. The molecule has 1 aromatic carbocycles. The lowest BCUT2D eigenvalue weighted by Gasteiger charge is -2.00. The molecule has 0 aliphatic rings. The summed E-state index contributed by atoms with van der Waals surface area (Å²) >= 11 is 0. The van der Waals surface area contributed by atoms with Gasteiger partial charge >= 0.3 is 5.97 Å². The molecule has 0 aliphatic heterocycles. The van der Waals surface area contributed by atoms with Crippen molar-refractivity contribution in [1.82, 2.24) is 0 Å². The average molecular weight is 219 g/mol. The molecule has 0 aromatic heterocycles. The number of carboxylic acids is 1. The van der Waals surface area contributed by atoms with Crippen molar-refractivity contribution in [3.63, 3.8) is 0 Å².